The maximum atomic E-state index is 11.7. The van der Waals surface area contributed by atoms with Crippen molar-refractivity contribution in [2.24, 2.45) is 0 Å². The van der Waals surface area contributed by atoms with Gasteiger partial charge >= 0.3 is 0 Å². The van der Waals surface area contributed by atoms with Gasteiger partial charge in [0.2, 0.25) is 0 Å². The minimum absolute atomic E-state index is 0.0118. The Balaban J connectivity index is 2.58. The van der Waals surface area contributed by atoms with E-state index in [0.717, 1.165) is 18.4 Å². The Hall–Kier alpha value is -1.26. The number of para-hydroxylation sites is 1. The number of hydrogen-bond donors (Lipinski definition) is 2. The molecule has 4 nitrogen and oxygen atoms in total. The van der Waals surface area contributed by atoms with Crippen LogP contribution in [-0.4, -0.2) is 25.1 Å². The van der Waals surface area contributed by atoms with E-state index in [4.69, 9.17) is 16.3 Å². The third-order valence-corrected chi connectivity index (χ3v) is 3.25. The number of benzene rings is 1. The first-order chi connectivity index (χ1) is 10.0. The molecule has 0 radical (unpaired) electrons. The van der Waals surface area contributed by atoms with Crippen LogP contribution in [0.25, 0.3) is 0 Å². The number of hydrogen-bond acceptors (Lipinski definition) is 3. The van der Waals surface area contributed by atoms with Gasteiger partial charge in [0.1, 0.15) is 5.75 Å². The molecule has 0 atom stereocenters. The summed E-state index contributed by atoms with van der Waals surface area (Å²) in [4.78, 5) is 11.7. The van der Waals surface area contributed by atoms with E-state index in [-0.39, 0.29) is 12.5 Å². The van der Waals surface area contributed by atoms with Gasteiger partial charge in [-0.2, -0.15) is 0 Å². The van der Waals surface area contributed by atoms with Gasteiger partial charge in [-0.15, -0.1) is 0 Å². The van der Waals surface area contributed by atoms with Gasteiger partial charge in [0.15, 0.2) is 6.61 Å². The maximum absolute atomic E-state index is 11.7. The average molecular weight is 313 g/mol. The average Bonchev–Trinajstić information content (AvgIpc) is 2.44. The second-order valence-electron chi connectivity index (χ2n) is 5.26. The summed E-state index contributed by atoms with van der Waals surface area (Å²) < 4.78 is 5.61. The highest BCUT2D eigenvalue weighted by Gasteiger charge is 2.11. The number of amides is 1. The molecule has 0 saturated carbocycles. The number of carbonyl (C=O) groups excluding carboxylic acids is 1. The summed E-state index contributed by atoms with van der Waals surface area (Å²) >= 11 is 6.17. The van der Waals surface area contributed by atoms with Gasteiger partial charge in [0, 0.05) is 24.7 Å². The molecule has 0 aliphatic rings. The Morgan fingerprint density at radius 1 is 1.38 bits per heavy atom. The van der Waals surface area contributed by atoms with E-state index < -0.39 is 0 Å². The highest BCUT2D eigenvalue weighted by molar-refractivity contribution is 6.32. The molecule has 0 saturated heterocycles. The molecular formula is C16H25ClN2O2. The lowest BCUT2D eigenvalue weighted by Crippen LogP contribution is -2.30. The molecule has 5 heteroatoms. The summed E-state index contributed by atoms with van der Waals surface area (Å²) in [6, 6.07) is 5.97. The largest absolute Gasteiger partial charge is 0.482 e. The van der Waals surface area contributed by atoms with Gasteiger partial charge in [-0.25, -0.2) is 0 Å². The zero-order chi connectivity index (χ0) is 15.7. The molecule has 1 amide bonds. The zero-order valence-corrected chi connectivity index (χ0v) is 13.8. The number of rotatable bonds is 9. The number of carbonyl (C=O) groups is 1. The van der Waals surface area contributed by atoms with Crippen molar-refractivity contribution in [3.05, 3.63) is 28.8 Å². The van der Waals surface area contributed by atoms with Crippen LogP contribution in [0, 0.1) is 0 Å². The van der Waals surface area contributed by atoms with Crippen molar-refractivity contribution < 1.29 is 9.53 Å². The van der Waals surface area contributed by atoms with E-state index in [1.54, 1.807) is 6.07 Å². The van der Waals surface area contributed by atoms with Crippen LogP contribution in [0.4, 0.5) is 0 Å². The van der Waals surface area contributed by atoms with Crippen LogP contribution in [0.15, 0.2) is 18.2 Å². The van der Waals surface area contributed by atoms with Crippen molar-refractivity contribution in [1.29, 1.82) is 0 Å². The van der Waals surface area contributed by atoms with Crippen LogP contribution in [0.1, 0.15) is 39.2 Å². The Kier molecular flexibility index (Phi) is 8.16. The summed E-state index contributed by atoms with van der Waals surface area (Å²) in [6.07, 6.45) is 2.03. The van der Waals surface area contributed by atoms with Crippen LogP contribution in [-0.2, 0) is 11.3 Å². The van der Waals surface area contributed by atoms with E-state index in [2.05, 4.69) is 31.4 Å². The van der Waals surface area contributed by atoms with Crippen molar-refractivity contribution in [2.75, 3.05) is 13.2 Å². The molecule has 0 spiro atoms. The van der Waals surface area contributed by atoms with Crippen molar-refractivity contribution >= 4 is 17.5 Å². The second kappa shape index (κ2) is 9.64. The van der Waals surface area contributed by atoms with E-state index in [1.807, 2.05) is 12.1 Å². The molecule has 1 aromatic carbocycles. The molecule has 0 unspecified atom stereocenters. The van der Waals surface area contributed by atoms with E-state index in [1.165, 1.54) is 0 Å². The fourth-order valence-corrected chi connectivity index (χ4v) is 2.01. The van der Waals surface area contributed by atoms with Crippen molar-refractivity contribution in [1.82, 2.24) is 10.6 Å². The summed E-state index contributed by atoms with van der Waals surface area (Å²) in [7, 11) is 0. The zero-order valence-electron chi connectivity index (χ0n) is 13.0. The van der Waals surface area contributed by atoms with Gasteiger partial charge in [0.25, 0.3) is 5.91 Å². The SMILES string of the molecule is CCCCNC(=O)COc1c(Cl)cccc1CNC(C)C. The standard InChI is InChI=1S/C16H25ClN2O2/c1-4-5-9-18-15(20)11-21-16-13(10-19-12(2)3)7-6-8-14(16)17/h6-8,12,19H,4-5,9-11H2,1-3H3,(H,18,20). The van der Waals surface area contributed by atoms with E-state index in [0.29, 0.717) is 29.9 Å². The van der Waals surface area contributed by atoms with E-state index in [9.17, 15) is 4.79 Å². The van der Waals surface area contributed by atoms with Crippen LogP contribution in [0.3, 0.4) is 0 Å². The molecule has 0 fully saturated rings. The minimum Gasteiger partial charge on any atom is -0.482 e. The molecule has 0 bridgehead atoms. The molecule has 2 N–H and O–H groups in total. The van der Waals surface area contributed by atoms with Crippen LogP contribution in [0.2, 0.25) is 5.02 Å². The quantitative estimate of drug-likeness (QED) is 0.689. The van der Waals surface area contributed by atoms with Gasteiger partial charge in [-0.3, -0.25) is 4.79 Å². The van der Waals surface area contributed by atoms with Crippen molar-refractivity contribution in [3.8, 4) is 5.75 Å². The molecular weight excluding hydrogens is 288 g/mol. The van der Waals surface area contributed by atoms with Crippen molar-refractivity contribution in [2.45, 2.75) is 46.2 Å². The summed E-state index contributed by atoms with van der Waals surface area (Å²) in [5.41, 5.74) is 0.956. The van der Waals surface area contributed by atoms with Crippen LogP contribution < -0.4 is 15.4 Å². The molecule has 0 aliphatic heterocycles. The molecule has 0 aliphatic carbocycles. The van der Waals surface area contributed by atoms with Crippen LogP contribution >= 0.6 is 11.6 Å². The fourth-order valence-electron chi connectivity index (χ4n) is 1.76. The Bertz CT molecular complexity index is 450. The Morgan fingerprint density at radius 2 is 2.14 bits per heavy atom. The summed E-state index contributed by atoms with van der Waals surface area (Å²) in [5.74, 6) is 0.462. The predicted molar refractivity (Wildman–Crippen MR) is 86.8 cm³/mol. The topological polar surface area (TPSA) is 50.4 Å². The predicted octanol–water partition coefficient (Wildman–Crippen LogP) is 3.13. The number of halogens is 1. The molecule has 0 heterocycles. The number of nitrogens with one attached hydrogen (secondary N) is 2. The second-order valence-corrected chi connectivity index (χ2v) is 5.66. The highest BCUT2D eigenvalue weighted by Crippen LogP contribution is 2.28. The summed E-state index contributed by atoms with van der Waals surface area (Å²) in [6.45, 7) is 7.56. The van der Waals surface area contributed by atoms with Gasteiger partial charge in [-0.05, 0) is 12.5 Å². The molecule has 1 rings (SSSR count). The number of ether oxygens (including phenoxy) is 1. The molecule has 21 heavy (non-hydrogen) atoms. The summed E-state index contributed by atoms with van der Waals surface area (Å²) in [5, 5.41) is 6.67. The molecule has 1 aromatic rings. The fraction of sp³-hybridized carbons (Fsp3) is 0.562. The third kappa shape index (κ3) is 6.82. The van der Waals surface area contributed by atoms with Gasteiger partial charge in [0.05, 0.1) is 5.02 Å². The smallest absolute Gasteiger partial charge is 0.257 e. The molecule has 0 aromatic heterocycles. The van der Waals surface area contributed by atoms with E-state index >= 15 is 0 Å². The maximum Gasteiger partial charge on any atom is 0.257 e. The van der Waals surface area contributed by atoms with Crippen LogP contribution in [0.5, 0.6) is 5.75 Å². The first-order valence-electron chi connectivity index (χ1n) is 7.44. The normalized spacial score (nSPS) is 10.7. The number of unbranched alkanes of at least 4 members (excludes halogenated alkanes) is 1. The van der Waals surface area contributed by atoms with Gasteiger partial charge < -0.3 is 15.4 Å². The minimum atomic E-state index is -0.119. The van der Waals surface area contributed by atoms with Crippen molar-refractivity contribution in [3.63, 3.8) is 0 Å². The first-order valence-corrected chi connectivity index (χ1v) is 7.82. The lowest BCUT2D eigenvalue weighted by Gasteiger charge is -2.15. The lowest BCUT2D eigenvalue weighted by atomic mass is 10.2. The monoisotopic (exact) mass is 312 g/mol. The first kappa shape index (κ1) is 17.8. The molecule has 118 valence electrons. The Morgan fingerprint density at radius 3 is 2.81 bits per heavy atom. The van der Waals surface area contributed by atoms with Gasteiger partial charge in [-0.1, -0.05) is 50.9 Å². The highest BCUT2D eigenvalue weighted by atomic mass is 35.5. The lowest BCUT2D eigenvalue weighted by molar-refractivity contribution is -0.123. The third-order valence-electron chi connectivity index (χ3n) is 2.95. The Labute approximate surface area is 132 Å².